The first-order valence-corrected chi connectivity index (χ1v) is 5.42. The topological polar surface area (TPSA) is 88.8 Å². The molecule has 0 spiro atoms. The van der Waals surface area contributed by atoms with Crippen molar-refractivity contribution in [3.8, 4) is 0 Å². The van der Waals surface area contributed by atoms with Gasteiger partial charge >= 0.3 is 0 Å². The minimum atomic E-state index is -0.129. The van der Waals surface area contributed by atoms with E-state index in [0.29, 0.717) is 25.0 Å². The molecule has 0 fully saturated rings. The van der Waals surface area contributed by atoms with Crippen LogP contribution < -0.4 is 16.4 Å². The van der Waals surface area contributed by atoms with Gasteiger partial charge in [-0.15, -0.1) is 0 Å². The highest BCUT2D eigenvalue weighted by atomic mass is 35.5. The summed E-state index contributed by atoms with van der Waals surface area (Å²) in [6.07, 6.45) is 0. The standard InChI is InChI=1S/C9H17ClN6/c1-9(2,3)16-8-14-6(10)13-7(15-8)12-5-4-11/h4-5,11H2,1-3H3,(H2,12,13,14,15,16). The molecule has 0 saturated carbocycles. The molecule has 1 aromatic heterocycles. The molecule has 1 rings (SSSR count). The Morgan fingerprint density at radius 3 is 2.38 bits per heavy atom. The first-order chi connectivity index (χ1) is 7.40. The van der Waals surface area contributed by atoms with Crippen LogP contribution in [0.3, 0.4) is 0 Å². The summed E-state index contributed by atoms with van der Waals surface area (Å²) < 4.78 is 0. The van der Waals surface area contributed by atoms with E-state index in [4.69, 9.17) is 17.3 Å². The van der Waals surface area contributed by atoms with E-state index < -0.39 is 0 Å². The molecular formula is C9H17ClN6. The minimum Gasteiger partial charge on any atom is -0.353 e. The van der Waals surface area contributed by atoms with Gasteiger partial charge in [0.25, 0.3) is 0 Å². The summed E-state index contributed by atoms with van der Waals surface area (Å²) in [4.78, 5) is 12.1. The van der Waals surface area contributed by atoms with Crippen LogP contribution in [0.15, 0.2) is 0 Å². The zero-order chi connectivity index (χ0) is 12.2. The molecule has 0 unspecified atom stereocenters. The van der Waals surface area contributed by atoms with Crippen LogP contribution in [0.4, 0.5) is 11.9 Å². The van der Waals surface area contributed by atoms with Gasteiger partial charge in [-0.25, -0.2) is 0 Å². The molecule has 0 bridgehead atoms. The van der Waals surface area contributed by atoms with Crippen molar-refractivity contribution in [3.05, 3.63) is 5.28 Å². The summed E-state index contributed by atoms with van der Waals surface area (Å²) in [6, 6.07) is 0. The number of hydrogen-bond acceptors (Lipinski definition) is 6. The van der Waals surface area contributed by atoms with Crippen LogP contribution in [0.5, 0.6) is 0 Å². The molecule has 0 aliphatic heterocycles. The Kier molecular flexibility index (Phi) is 4.26. The smallest absolute Gasteiger partial charge is 0.229 e. The molecule has 1 aromatic rings. The molecule has 0 saturated heterocycles. The Hall–Kier alpha value is -1.14. The Morgan fingerprint density at radius 2 is 1.81 bits per heavy atom. The molecular weight excluding hydrogens is 228 g/mol. The lowest BCUT2D eigenvalue weighted by Crippen LogP contribution is -2.28. The third-order valence-electron chi connectivity index (χ3n) is 1.52. The average Bonchev–Trinajstić information content (AvgIpc) is 2.10. The highest BCUT2D eigenvalue weighted by Crippen LogP contribution is 2.13. The largest absolute Gasteiger partial charge is 0.353 e. The lowest BCUT2D eigenvalue weighted by atomic mass is 10.1. The SMILES string of the molecule is CC(C)(C)Nc1nc(Cl)nc(NCCN)n1. The lowest BCUT2D eigenvalue weighted by molar-refractivity contribution is 0.625. The average molecular weight is 245 g/mol. The lowest BCUT2D eigenvalue weighted by Gasteiger charge is -2.20. The fraction of sp³-hybridized carbons (Fsp3) is 0.667. The van der Waals surface area contributed by atoms with E-state index in [1.807, 2.05) is 20.8 Å². The molecule has 90 valence electrons. The van der Waals surface area contributed by atoms with E-state index in [-0.39, 0.29) is 10.8 Å². The van der Waals surface area contributed by atoms with Gasteiger partial charge in [0.1, 0.15) is 0 Å². The van der Waals surface area contributed by atoms with Crippen molar-refractivity contribution in [2.75, 3.05) is 23.7 Å². The molecule has 6 nitrogen and oxygen atoms in total. The highest BCUT2D eigenvalue weighted by Gasteiger charge is 2.13. The molecule has 0 aliphatic carbocycles. The number of rotatable bonds is 4. The van der Waals surface area contributed by atoms with Crippen LogP contribution in [-0.2, 0) is 0 Å². The third kappa shape index (κ3) is 4.59. The summed E-state index contributed by atoms with van der Waals surface area (Å²) in [5.74, 6) is 0.879. The van der Waals surface area contributed by atoms with Crippen molar-refractivity contribution < 1.29 is 0 Å². The van der Waals surface area contributed by atoms with Crippen LogP contribution in [0.25, 0.3) is 0 Å². The Bertz CT molecular complexity index is 348. The van der Waals surface area contributed by atoms with Crippen LogP contribution >= 0.6 is 11.6 Å². The molecule has 4 N–H and O–H groups in total. The summed E-state index contributed by atoms with van der Waals surface area (Å²) in [5.41, 5.74) is 5.24. The summed E-state index contributed by atoms with van der Waals surface area (Å²) in [6.45, 7) is 7.13. The van der Waals surface area contributed by atoms with E-state index in [1.165, 1.54) is 0 Å². The number of halogens is 1. The van der Waals surface area contributed by atoms with Gasteiger partial charge in [0.05, 0.1) is 0 Å². The predicted molar refractivity (Wildman–Crippen MR) is 65.8 cm³/mol. The number of hydrogen-bond donors (Lipinski definition) is 3. The maximum absolute atomic E-state index is 5.78. The van der Waals surface area contributed by atoms with Crippen molar-refractivity contribution in [1.29, 1.82) is 0 Å². The number of nitrogens with zero attached hydrogens (tertiary/aromatic N) is 3. The fourth-order valence-corrected chi connectivity index (χ4v) is 1.16. The van der Waals surface area contributed by atoms with Crippen LogP contribution in [0.1, 0.15) is 20.8 Å². The molecule has 0 aromatic carbocycles. The number of anilines is 2. The first-order valence-electron chi connectivity index (χ1n) is 5.04. The van der Waals surface area contributed by atoms with Crippen molar-refractivity contribution in [1.82, 2.24) is 15.0 Å². The Balaban J connectivity index is 2.81. The fourth-order valence-electron chi connectivity index (χ4n) is 1.00. The molecule has 0 atom stereocenters. The normalized spacial score (nSPS) is 11.3. The zero-order valence-corrected chi connectivity index (χ0v) is 10.5. The summed E-state index contributed by atoms with van der Waals surface area (Å²) in [5, 5.41) is 6.22. The number of aromatic nitrogens is 3. The van der Waals surface area contributed by atoms with Gasteiger partial charge < -0.3 is 16.4 Å². The second-order valence-electron chi connectivity index (χ2n) is 4.34. The maximum atomic E-state index is 5.78. The van der Waals surface area contributed by atoms with Crippen molar-refractivity contribution >= 4 is 23.5 Å². The van der Waals surface area contributed by atoms with E-state index in [9.17, 15) is 0 Å². The summed E-state index contributed by atoms with van der Waals surface area (Å²) >= 11 is 5.78. The molecule has 16 heavy (non-hydrogen) atoms. The van der Waals surface area contributed by atoms with Gasteiger partial charge in [-0.2, -0.15) is 15.0 Å². The van der Waals surface area contributed by atoms with Crippen molar-refractivity contribution in [2.45, 2.75) is 26.3 Å². The number of nitrogens with one attached hydrogen (secondary N) is 2. The maximum Gasteiger partial charge on any atom is 0.229 e. The quantitative estimate of drug-likeness (QED) is 0.735. The van der Waals surface area contributed by atoms with Crippen LogP contribution in [0.2, 0.25) is 5.28 Å². The van der Waals surface area contributed by atoms with Gasteiger partial charge in [-0.3, -0.25) is 0 Å². The van der Waals surface area contributed by atoms with Crippen LogP contribution in [-0.4, -0.2) is 33.6 Å². The van der Waals surface area contributed by atoms with Gasteiger partial charge in [0.2, 0.25) is 17.2 Å². The summed E-state index contributed by atoms with van der Waals surface area (Å²) in [7, 11) is 0. The molecule has 0 radical (unpaired) electrons. The predicted octanol–water partition coefficient (Wildman–Crippen LogP) is 1.11. The molecule has 0 aliphatic rings. The second-order valence-corrected chi connectivity index (χ2v) is 4.68. The molecule has 7 heteroatoms. The van der Waals surface area contributed by atoms with Gasteiger partial charge in [-0.05, 0) is 32.4 Å². The second kappa shape index (κ2) is 5.27. The van der Waals surface area contributed by atoms with E-state index in [2.05, 4.69) is 25.6 Å². The van der Waals surface area contributed by atoms with E-state index in [0.717, 1.165) is 0 Å². The van der Waals surface area contributed by atoms with Crippen LogP contribution in [0, 0.1) is 0 Å². The minimum absolute atomic E-state index is 0.129. The van der Waals surface area contributed by atoms with Gasteiger partial charge in [-0.1, -0.05) is 0 Å². The van der Waals surface area contributed by atoms with Crippen molar-refractivity contribution in [3.63, 3.8) is 0 Å². The van der Waals surface area contributed by atoms with Crippen molar-refractivity contribution in [2.24, 2.45) is 5.73 Å². The monoisotopic (exact) mass is 244 g/mol. The Morgan fingerprint density at radius 1 is 1.19 bits per heavy atom. The van der Waals surface area contributed by atoms with Gasteiger partial charge in [0, 0.05) is 18.6 Å². The van der Waals surface area contributed by atoms with E-state index in [1.54, 1.807) is 0 Å². The Labute approximate surface area is 100 Å². The van der Waals surface area contributed by atoms with E-state index >= 15 is 0 Å². The zero-order valence-electron chi connectivity index (χ0n) is 9.71. The highest BCUT2D eigenvalue weighted by molar-refractivity contribution is 6.28. The molecule has 0 amide bonds. The first kappa shape index (κ1) is 12.9. The molecule has 1 heterocycles. The third-order valence-corrected chi connectivity index (χ3v) is 1.69. The number of nitrogens with two attached hydrogens (primary N) is 1. The van der Waals surface area contributed by atoms with Gasteiger partial charge in [0.15, 0.2) is 0 Å².